The first-order chi connectivity index (χ1) is 14.5. The van der Waals surface area contributed by atoms with Gasteiger partial charge in [-0.25, -0.2) is 0 Å². The first kappa shape index (κ1) is 19.3. The van der Waals surface area contributed by atoms with E-state index in [1.54, 1.807) is 11.3 Å². The number of benzene rings is 1. The van der Waals surface area contributed by atoms with Crippen LogP contribution in [-0.2, 0) is 17.7 Å². The van der Waals surface area contributed by atoms with Gasteiger partial charge in [0.1, 0.15) is 0 Å². The highest BCUT2D eigenvalue weighted by Gasteiger charge is 2.32. The van der Waals surface area contributed by atoms with Gasteiger partial charge in [-0.05, 0) is 48.9 Å². The van der Waals surface area contributed by atoms with Gasteiger partial charge in [0.05, 0.1) is 28.3 Å². The Balaban J connectivity index is 1.71. The zero-order chi connectivity index (χ0) is 20.8. The number of rotatable bonds is 2. The normalized spacial score (nSPS) is 20.5. The van der Waals surface area contributed by atoms with E-state index in [2.05, 4.69) is 6.07 Å². The number of nitrogens with zero attached hydrogens (tertiary/aromatic N) is 2. The number of hydrogen-bond acceptors (Lipinski definition) is 4. The molecule has 0 saturated carbocycles. The summed E-state index contributed by atoms with van der Waals surface area (Å²) < 4.78 is 7.63. The number of aromatic nitrogens is 1. The van der Waals surface area contributed by atoms with Gasteiger partial charge >= 0.3 is 0 Å². The zero-order valence-corrected chi connectivity index (χ0v) is 17.9. The predicted molar refractivity (Wildman–Crippen MR) is 119 cm³/mol. The van der Waals surface area contributed by atoms with E-state index in [0.29, 0.717) is 30.8 Å². The first-order valence-corrected chi connectivity index (χ1v) is 11.3. The molecule has 4 heterocycles. The van der Waals surface area contributed by atoms with Crippen LogP contribution in [0.15, 0.2) is 52.6 Å². The minimum absolute atomic E-state index is 0.00847. The monoisotopic (exact) mass is 420 g/mol. The van der Waals surface area contributed by atoms with Crippen molar-refractivity contribution in [2.24, 2.45) is 0 Å². The lowest BCUT2D eigenvalue weighted by Crippen LogP contribution is -2.48. The molecule has 5 rings (SSSR count). The Labute approximate surface area is 179 Å². The second kappa shape index (κ2) is 7.52. The topological polar surface area (TPSA) is 51.5 Å². The third-order valence-electron chi connectivity index (χ3n) is 5.88. The number of ether oxygens (including phenoxy) is 1. The molecule has 154 valence electrons. The van der Waals surface area contributed by atoms with Crippen molar-refractivity contribution < 1.29 is 9.53 Å². The molecule has 0 bridgehead atoms. The molecule has 1 saturated heterocycles. The number of amides is 1. The molecule has 3 aromatic rings. The molecule has 2 aromatic heterocycles. The first-order valence-electron chi connectivity index (χ1n) is 10.4. The Morgan fingerprint density at radius 2 is 1.83 bits per heavy atom. The maximum atomic E-state index is 13.7. The van der Waals surface area contributed by atoms with Crippen LogP contribution >= 0.6 is 11.3 Å². The largest absolute Gasteiger partial charge is 0.372 e. The van der Waals surface area contributed by atoms with Crippen molar-refractivity contribution in [1.29, 1.82) is 0 Å². The van der Waals surface area contributed by atoms with Crippen LogP contribution in [0.4, 0.5) is 0 Å². The summed E-state index contributed by atoms with van der Waals surface area (Å²) in [5.41, 5.74) is 3.98. The molecule has 0 radical (unpaired) electrons. The molecular formula is C24H24N2O3S. The molecule has 0 N–H and O–H groups in total. The molecule has 0 unspecified atom stereocenters. The maximum absolute atomic E-state index is 13.7. The summed E-state index contributed by atoms with van der Waals surface area (Å²) in [5.74, 6) is -0.0285. The van der Waals surface area contributed by atoms with Gasteiger partial charge in [-0.3, -0.25) is 9.59 Å². The minimum atomic E-state index is -0.0319. The van der Waals surface area contributed by atoms with E-state index in [1.165, 1.54) is 5.56 Å². The minimum Gasteiger partial charge on any atom is -0.372 e. The smallest absolute Gasteiger partial charge is 0.258 e. The average Bonchev–Trinajstić information content (AvgIpc) is 3.22. The third-order valence-corrected chi connectivity index (χ3v) is 6.84. The fourth-order valence-corrected chi connectivity index (χ4v) is 5.62. The number of pyridine rings is 1. The highest BCUT2D eigenvalue weighted by Crippen LogP contribution is 2.37. The van der Waals surface area contributed by atoms with Gasteiger partial charge in [0.15, 0.2) is 0 Å². The van der Waals surface area contributed by atoms with E-state index in [9.17, 15) is 9.59 Å². The lowest BCUT2D eigenvalue weighted by atomic mass is 9.97. The van der Waals surface area contributed by atoms with Gasteiger partial charge in [0.25, 0.3) is 11.5 Å². The van der Waals surface area contributed by atoms with Crippen molar-refractivity contribution in [3.63, 3.8) is 0 Å². The van der Waals surface area contributed by atoms with Crippen LogP contribution in [0, 0.1) is 0 Å². The van der Waals surface area contributed by atoms with Crippen molar-refractivity contribution in [3.05, 3.63) is 69.3 Å². The van der Waals surface area contributed by atoms with Gasteiger partial charge < -0.3 is 14.2 Å². The molecule has 2 aliphatic heterocycles. The Morgan fingerprint density at radius 1 is 1.10 bits per heavy atom. The third kappa shape index (κ3) is 3.20. The number of carbonyl (C=O) groups is 1. The van der Waals surface area contributed by atoms with Crippen molar-refractivity contribution in [2.45, 2.75) is 39.0 Å². The lowest BCUT2D eigenvalue weighted by Gasteiger charge is -2.36. The summed E-state index contributed by atoms with van der Waals surface area (Å²) in [5, 5.41) is 2.04. The van der Waals surface area contributed by atoms with Crippen LogP contribution in [-0.4, -0.2) is 40.7 Å². The van der Waals surface area contributed by atoms with Gasteiger partial charge in [-0.1, -0.05) is 30.3 Å². The van der Waals surface area contributed by atoms with Crippen molar-refractivity contribution in [3.8, 4) is 21.7 Å². The molecule has 0 spiro atoms. The quantitative estimate of drug-likeness (QED) is 0.629. The number of fused-ring (bicyclic) bond motifs is 3. The summed E-state index contributed by atoms with van der Waals surface area (Å²) in [7, 11) is 0. The fraction of sp³-hybridized carbons (Fsp3) is 0.333. The average molecular weight is 421 g/mol. The molecule has 2 atom stereocenters. The van der Waals surface area contributed by atoms with Gasteiger partial charge in [0.2, 0.25) is 0 Å². The summed E-state index contributed by atoms with van der Waals surface area (Å²) in [4.78, 5) is 30.1. The maximum Gasteiger partial charge on any atom is 0.258 e. The van der Waals surface area contributed by atoms with E-state index >= 15 is 0 Å². The number of carbonyl (C=O) groups excluding carboxylic acids is 1. The standard InChI is InChI=1S/C24H24N2O3S/c1-15-13-25(14-16(2)29-15)23(27)20-12-19(17-6-4-3-5-7-17)24(28)26-10-8-18-9-11-30-22(18)21(20)26/h3-7,9,11-12,15-16H,8,10,13-14H2,1-2H3/t15-,16+. The molecular weight excluding hydrogens is 396 g/mol. The Hall–Kier alpha value is -2.70. The Bertz CT molecular complexity index is 1150. The highest BCUT2D eigenvalue weighted by molar-refractivity contribution is 7.13. The molecule has 5 nitrogen and oxygen atoms in total. The van der Waals surface area contributed by atoms with Crippen LogP contribution in [0.3, 0.4) is 0 Å². The second-order valence-corrected chi connectivity index (χ2v) is 9.05. The van der Waals surface area contributed by atoms with Gasteiger partial charge in [-0.15, -0.1) is 11.3 Å². The lowest BCUT2D eigenvalue weighted by molar-refractivity contribution is -0.0586. The van der Waals surface area contributed by atoms with Crippen molar-refractivity contribution >= 4 is 17.2 Å². The molecule has 1 aromatic carbocycles. The summed E-state index contributed by atoms with van der Waals surface area (Å²) in [6.45, 7) is 5.69. The highest BCUT2D eigenvalue weighted by atomic mass is 32.1. The summed E-state index contributed by atoms with van der Waals surface area (Å²) in [6, 6.07) is 13.5. The van der Waals surface area contributed by atoms with E-state index in [-0.39, 0.29) is 23.7 Å². The van der Waals surface area contributed by atoms with Gasteiger partial charge in [0, 0.05) is 25.2 Å². The van der Waals surface area contributed by atoms with Crippen molar-refractivity contribution in [1.82, 2.24) is 9.47 Å². The molecule has 1 amide bonds. The van der Waals surface area contributed by atoms with Crippen LogP contribution < -0.4 is 5.56 Å². The van der Waals surface area contributed by atoms with Gasteiger partial charge in [-0.2, -0.15) is 0 Å². The predicted octanol–water partition coefficient (Wildman–Crippen LogP) is 4.05. The van der Waals surface area contributed by atoms with Crippen LogP contribution in [0.1, 0.15) is 29.8 Å². The van der Waals surface area contributed by atoms with Crippen molar-refractivity contribution in [2.75, 3.05) is 13.1 Å². The molecule has 30 heavy (non-hydrogen) atoms. The fourth-order valence-electron chi connectivity index (χ4n) is 4.60. The van der Waals surface area contributed by atoms with E-state index in [4.69, 9.17) is 4.74 Å². The van der Waals surface area contributed by atoms with E-state index < -0.39 is 0 Å². The Morgan fingerprint density at radius 3 is 2.57 bits per heavy atom. The van der Waals surface area contributed by atoms with Crippen LogP contribution in [0.2, 0.25) is 0 Å². The number of hydrogen-bond donors (Lipinski definition) is 0. The summed E-state index contributed by atoms with van der Waals surface area (Å²) >= 11 is 1.60. The Kier molecular flexibility index (Phi) is 4.83. The van der Waals surface area contributed by atoms with Crippen LogP contribution in [0.25, 0.3) is 21.7 Å². The number of morpholine rings is 1. The molecule has 2 aliphatic rings. The number of aryl methyl sites for hydroxylation is 1. The van der Waals surface area contributed by atoms with E-state index in [1.807, 2.05) is 65.1 Å². The number of thiophene rings is 1. The van der Waals surface area contributed by atoms with Crippen LogP contribution in [0.5, 0.6) is 0 Å². The summed E-state index contributed by atoms with van der Waals surface area (Å²) in [6.07, 6.45) is 0.792. The molecule has 1 fully saturated rings. The SMILES string of the molecule is C[C@@H]1CN(C(=O)c2cc(-c3ccccc3)c(=O)n3c2-c2sccc2CC3)C[C@H](C)O1. The second-order valence-electron chi connectivity index (χ2n) is 8.14. The molecule has 6 heteroatoms. The molecule has 0 aliphatic carbocycles. The van der Waals surface area contributed by atoms with E-state index in [0.717, 1.165) is 22.6 Å². The zero-order valence-electron chi connectivity index (χ0n) is 17.1.